The van der Waals surface area contributed by atoms with E-state index in [2.05, 4.69) is 25.9 Å². The first-order chi connectivity index (χ1) is 9.24. The average Bonchev–Trinajstić information content (AvgIpc) is 2.42. The zero-order valence-corrected chi connectivity index (χ0v) is 11.9. The summed E-state index contributed by atoms with van der Waals surface area (Å²) < 4.78 is 6.94. The first-order valence-corrected chi connectivity index (χ1v) is 6.67. The quantitative estimate of drug-likeness (QED) is 0.699. The second-order valence-corrected chi connectivity index (χ2v) is 5.12. The van der Waals surface area contributed by atoms with E-state index < -0.39 is 0 Å². The lowest BCUT2D eigenvalue weighted by Gasteiger charge is -2.09. The van der Waals surface area contributed by atoms with E-state index >= 15 is 0 Å². The molecule has 3 rings (SSSR count). The van der Waals surface area contributed by atoms with Crippen LogP contribution in [0.5, 0.6) is 11.6 Å². The molecule has 3 aromatic rings. The Labute approximate surface area is 119 Å². The molecule has 2 aromatic carbocycles. The van der Waals surface area contributed by atoms with Crippen LogP contribution >= 0.6 is 15.9 Å². The summed E-state index contributed by atoms with van der Waals surface area (Å²) in [6.45, 7) is 2.00. The molecule has 0 unspecified atom stereocenters. The number of benzene rings is 2. The number of nitrogens with zero attached hydrogens (tertiary/aromatic N) is 2. The number of halogens is 1. The summed E-state index contributed by atoms with van der Waals surface area (Å²) in [6.07, 6.45) is 1.52. The van der Waals surface area contributed by atoms with Gasteiger partial charge < -0.3 is 4.74 Å². The van der Waals surface area contributed by atoms with E-state index in [0.717, 1.165) is 26.7 Å². The third-order valence-electron chi connectivity index (χ3n) is 2.85. The van der Waals surface area contributed by atoms with Gasteiger partial charge in [0.1, 0.15) is 12.1 Å². The Morgan fingerprint density at radius 1 is 1.05 bits per heavy atom. The second-order valence-electron chi connectivity index (χ2n) is 4.21. The molecule has 4 heteroatoms. The number of aryl methyl sites for hydroxylation is 1. The van der Waals surface area contributed by atoms with Gasteiger partial charge in [-0.2, -0.15) is 0 Å². The molecule has 0 atom stereocenters. The number of hydrogen-bond donors (Lipinski definition) is 0. The maximum atomic E-state index is 5.91. The lowest BCUT2D eigenvalue weighted by molar-refractivity contribution is 0.464. The van der Waals surface area contributed by atoms with Crippen LogP contribution in [0.4, 0.5) is 0 Å². The Bertz CT molecular complexity index is 738. The fourth-order valence-electron chi connectivity index (χ4n) is 1.89. The van der Waals surface area contributed by atoms with Gasteiger partial charge in [-0.1, -0.05) is 28.1 Å². The van der Waals surface area contributed by atoms with Crippen molar-refractivity contribution in [3.05, 3.63) is 58.8 Å². The summed E-state index contributed by atoms with van der Waals surface area (Å²) >= 11 is 3.44. The molecule has 3 nitrogen and oxygen atoms in total. The second kappa shape index (κ2) is 4.97. The number of para-hydroxylation sites is 1. The molecule has 1 heterocycles. The molecule has 0 aliphatic carbocycles. The van der Waals surface area contributed by atoms with Crippen LogP contribution in [0.15, 0.2) is 53.3 Å². The first kappa shape index (κ1) is 12.1. The molecule has 0 saturated heterocycles. The van der Waals surface area contributed by atoms with Crippen molar-refractivity contribution in [1.82, 2.24) is 9.97 Å². The standard InChI is InChI=1S/C15H11BrN2O/c1-10-8-11(16)6-7-14(10)19-15-12-4-2-3-5-13(12)17-9-18-15/h2-9H,1H3. The molecule has 0 fully saturated rings. The van der Waals surface area contributed by atoms with E-state index in [1.165, 1.54) is 6.33 Å². The number of hydrogen-bond acceptors (Lipinski definition) is 3. The van der Waals surface area contributed by atoms with Gasteiger partial charge in [0.25, 0.3) is 0 Å². The van der Waals surface area contributed by atoms with Crippen molar-refractivity contribution >= 4 is 26.8 Å². The van der Waals surface area contributed by atoms with E-state index in [1.807, 2.05) is 49.4 Å². The van der Waals surface area contributed by atoms with Crippen molar-refractivity contribution in [1.29, 1.82) is 0 Å². The summed E-state index contributed by atoms with van der Waals surface area (Å²) in [7, 11) is 0. The molecule has 19 heavy (non-hydrogen) atoms. The predicted octanol–water partition coefficient (Wildman–Crippen LogP) is 4.49. The number of aromatic nitrogens is 2. The Morgan fingerprint density at radius 2 is 1.89 bits per heavy atom. The third-order valence-corrected chi connectivity index (χ3v) is 3.34. The molecule has 1 aromatic heterocycles. The molecule has 0 saturated carbocycles. The van der Waals surface area contributed by atoms with Gasteiger partial charge in [-0.05, 0) is 42.8 Å². The molecule has 0 aliphatic heterocycles. The normalized spacial score (nSPS) is 10.6. The number of rotatable bonds is 2. The Balaban J connectivity index is 2.06. The molecule has 94 valence electrons. The van der Waals surface area contributed by atoms with Crippen LogP contribution in [0.3, 0.4) is 0 Å². The summed E-state index contributed by atoms with van der Waals surface area (Å²) in [5, 5.41) is 0.910. The van der Waals surface area contributed by atoms with Gasteiger partial charge in [0.05, 0.1) is 10.9 Å². The van der Waals surface area contributed by atoms with Crippen LogP contribution in [0.1, 0.15) is 5.56 Å². The molecular formula is C15H11BrN2O. The minimum absolute atomic E-state index is 0.580. The van der Waals surface area contributed by atoms with E-state index in [0.29, 0.717) is 5.88 Å². The molecular weight excluding hydrogens is 304 g/mol. The van der Waals surface area contributed by atoms with Crippen LogP contribution < -0.4 is 4.74 Å². The van der Waals surface area contributed by atoms with Crippen molar-refractivity contribution < 1.29 is 4.74 Å². The average molecular weight is 315 g/mol. The lowest BCUT2D eigenvalue weighted by atomic mass is 10.2. The molecule has 0 N–H and O–H groups in total. The van der Waals surface area contributed by atoms with E-state index in [4.69, 9.17) is 4.74 Å². The van der Waals surface area contributed by atoms with Gasteiger partial charge in [0.15, 0.2) is 0 Å². The number of fused-ring (bicyclic) bond motifs is 1. The fourth-order valence-corrected chi connectivity index (χ4v) is 2.37. The Morgan fingerprint density at radius 3 is 2.74 bits per heavy atom. The zero-order valence-electron chi connectivity index (χ0n) is 10.3. The molecule has 0 aliphatic rings. The maximum Gasteiger partial charge on any atom is 0.230 e. The predicted molar refractivity (Wildman–Crippen MR) is 78.5 cm³/mol. The van der Waals surface area contributed by atoms with Crippen LogP contribution in [0.25, 0.3) is 10.9 Å². The summed E-state index contributed by atoms with van der Waals surface area (Å²) in [6, 6.07) is 13.7. The van der Waals surface area contributed by atoms with Gasteiger partial charge in [-0.15, -0.1) is 0 Å². The topological polar surface area (TPSA) is 35.0 Å². The Hall–Kier alpha value is -1.94. The van der Waals surface area contributed by atoms with Gasteiger partial charge in [0.2, 0.25) is 5.88 Å². The van der Waals surface area contributed by atoms with Gasteiger partial charge in [-0.3, -0.25) is 0 Å². The highest BCUT2D eigenvalue weighted by molar-refractivity contribution is 9.10. The highest BCUT2D eigenvalue weighted by atomic mass is 79.9. The van der Waals surface area contributed by atoms with Crippen LogP contribution in [0, 0.1) is 6.92 Å². The van der Waals surface area contributed by atoms with Crippen molar-refractivity contribution in [3.8, 4) is 11.6 Å². The highest BCUT2D eigenvalue weighted by Crippen LogP contribution is 2.29. The van der Waals surface area contributed by atoms with Crippen LogP contribution in [0.2, 0.25) is 0 Å². The van der Waals surface area contributed by atoms with Crippen molar-refractivity contribution in [2.24, 2.45) is 0 Å². The smallest absolute Gasteiger partial charge is 0.230 e. The number of ether oxygens (including phenoxy) is 1. The highest BCUT2D eigenvalue weighted by Gasteiger charge is 2.07. The summed E-state index contributed by atoms with van der Waals surface area (Å²) in [5.74, 6) is 1.38. The summed E-state index contributed by atoms with van der Waals surface area (Å²) in [5.41, 5.74) is 1.93. The minimum Gasteiger partial charge on any atom is -0.438 e. The van der Waals surface area contributed by atoms with Crippen molar-refractivity contribution in [3.63, 3.8) is 0 Å². The third kappa shape index (κ3) is 2.44. The molecule has 0 bridgehead atoms. The largest absolute Gasteiger partial charge is 0.438 e. The maximum absolute atomic E-state index is 5.91. The van der Waals surface area contributed by atoms with Crippen molar-refractivity contribution in [2.75, 3.05) is 0 Å². The SMILES string of the molecule is Cc1cc(Br)ccc1Oc1ncnc2ccccc12. The molecule has 0 amide bonds. The Kier molecular flexibility index (Phi) is 3.17. The monoisotopic (exact) mass is 314 g/mol. The van der Waals surface area contributed by atoms with E-state index in [-0.39, 0.29) is 0 Å². The van der Waals surface area contributed by atoms with Gasteiger partial charge in [-0.25, -0.2) is 9.97 Å². The molecule has 0 spiro atoms. The van der Waals surface area contributed by atoms with Crippen molar-refractivity contribution in [2.45, 2.75) is 6.92 Å². The van der Waals surface area contributed by atoms with E-state index in [1.54, 1.807) is 0 Å². The lowest BCUT2D eigenvalue weighted by Crippen LogP contribution is -1.92. The minimum atomic E-state index is 0.580. The zero-order chi connectivity index (χ0) is 13.2. The van der Waals surface area contributed by atoms with Crippen LogP contribution in [-0.2, 0) is 0 Å². The summed E-state index contributed by atoms with van der Waals surface area (Å²) in [4.78, 5) is 8.44. The molecule has 0 radical (unpaired) electrons. The first-order valence-electron chi connectivity index (χ1n) is 5.88. The van der Waals surface area contributed by atoms with Crippen LogP contribution in [-0.4, -0.2) is 9.97 Å². The van der Waals surface area contributed by atoms with Gasteiger partial charge in [0, 0.05) is 4.47 Å². The fraction of sp³-hybridized carbons (Fsp3) is 0.0667. The van der Waals surface area contributed by atoms with Gasteiger partial charge >= 0.3 is 0 Å². The van der Waals surface area contributed by atoms with E-state index in [9.17, 15) is 0 Å².